The lowest BCUT2D eigenvalue weighted by molar-refractivity contribution is 0.0993. The number of nitrogens with zero attached hydrogens (tertiary/aromatic N) is 1. The van der Waals surface area contributed by atoms with Crippen molar-refractivity contribution < 1.29 is 4.79 Å². The van der Waals surface area contributed by atoms with Crippen molar-refractivity contribution in [3.63, 3.8) is 0 Å². The maximum Gasteiger partial charge on any atom is 0.260 e. The zero-order valence-corrected chi connectivity index (χ0v) is 11.5. The molecular weight excluding hydrogens is 236 g/mol. The second kappa shape index (κ2) is 5.57. The highest BCUT2D eigenvalue weighted by Crippen LogP contribution is 2.22. The normalized spacial score (nSPS) is 10.1. The van der Waals surface area contributed by atoms with Crippen LogP contribution in [0.2, 0.25) is 0 Å². The molecule has 0 aliphatic rings. The van der Waals surface area contributed by atoms with E-state index in [-0.39, 0.29) is 5.91 Å². The number of carbonyl (C=O) groups excluding carboxylic acids is 1. The average Bonchev–Trinajstić information content (AvgIpc) is 2.46. The first-order valence-corrected chi connectivity index (χ1v) is 6.25. The minimum atomic E-state index is -0.0146. The molecule has 2 aromatic carbocycles. The van der Waals surface area contributed by atoms with E-state index in [0.29, 0.717) is 5.56 Å². The first-order valence-electron chi connectivity index (χ1n) is 6.25. The van der Waals surface area contributed by atoms with Gasteiger partial charge in [-0.1, -0.05) is 30.3 Å². The maximum atomic E-state index is 12.6. The number of anilines is 2. The van der Waals surface area contributed by atoms with E-state index < -0.39 is 0 Å². The van der Waals surface area contributed by atoms with E-state index in [1.54, 1.807) is 11.9 Å². The molecule has 0 aliphatic carbocycles. The summed E-state index contributed by atoms with van der Waals surface area (Å²) in [5.41, 5.74) is 3.53. The molecule has 0 saturated heterocycles. The summed E-state index contributed by atoms with van der Waals surface area (Å²) in [5.74, 6) is -0.0146. The van der Waals surface area contributed by atoms with Crippen LogP contribution in [0.1, 0.15) is 15.9 Å². The molecule has 0 bridgehead atoms. The van der Waals surface area contributed by atoms with E-state index in [0.717, 1.165) is 16.9 Å². The van der Waals surface area contributed by atoms with Crippen LogP contribution < -0.4 is 10.2 Å². The molecule has 19 heavy (non-hydrogen) atoms. The number of carbonyl (C=O) groups is 1. The van der Waals surface area contributed by atoms with Crippen LogP contribution in [0.5, 0.6) is 0 Å². The zero-order chi connectivity index (χ0) is 13.8. The number of nitrogens with one attached hydrogen (secondary N) is 1. The Balaban J connectivity index is 2.37. The number of hydrogen-bond donors (Lipinski definition) is 1. The molecule has 0 atom stereocenters. The van der Waals surface area contributed by atoms with Crippen molar-refractivity contribution in [2.45, 2.75) is 6.92 Å². The Kier molecular flexibility index (Phi) is 3.85. The fraction of sp³-hybridized carbons (Fsp3) is 0.188. The Bertz CT molecular complexity index is 593. The third kappa shape index (κ3) is 2.60. The van der Waals surface area contributed by atoms with Crippen molar-refractivity contribution in [2.24, 2.45) is 0 Å². The number of para-hydroxylation sites is 2. The Hall–Kier alpha value is -2.29. The maximum absolute atomic E-state index is 12.6. The third-order valence-corrected chi connectivity index (χ3v) is 3.21. The molecule has 0 radical (unpaired) electrons. The van der Waals surface area contributed by atoms with Gasteiger partial charge in [0.25, 0.3) is 5.91 Å². The molecule has 2 rings (SSSR count). The number of aryl methyl sites for hydroxylation is 1. The summed E-state index contributed by atoms with van der Waals surface area (Å²) in [6.45, 7) is 2.00. The fourth-order valence-electron chi connectivity index (χ4n) is 2.12. The summed E-state index contributed by atoms with van der Waals surface area (Å²) in [5, 5.41) is 3.05. The molecular formula is C16H18N2O. The van der Waals surface area contributed by atoms with E-state index in [1.807, 2.05) is 62.5 Å². The number of hydrogen-bond acceptors (Lipinski definition) is 2. The predicted molar refractivity (Wildman–Crippen MR) is 79.9 cm³/mol. The van der Waals surface area contributed by atoms with Gasteiger partial charge in [-0.2, -0.15) is 0 Å². The SMILES string of the molecule is CNc1ccccc1C(=O)N(C)c1ccccc1C. The Labute approximate surface area is 113 Å². The zero-order valence-electron chi connectivity index (χ0n) is 11.5. The van der Waals surface area contributed by atoms with Crippen molar-refractivity contribution >= 4 is 17.3 Å². The van der Waals surface area contributed by atoms with Crippen LogP contribution in [-0.2, 0) is 0 Å². The van der Waals surface area contributed by atoms with Crippen LogP contribution in [0.4, 0.5) is 11.4 Å². The van der Waals surface area contributed by atoms with E-state index in [1.165, 1.54) is 0 Å². The van der Waals surface area contributed by atoms with Crippen LogP contribution in [0.15, 0.2) is 48.5 Å². The minimum Gasteiger partial charge on any atom is -0.387 e. The van der Waals surface area contributed by atoms with Crippen molar-refractivity contribution in [3.05, 3.63) is 59.7 Å². The predicted octanol–water partition coefficient (Wildman–Crippen LogP) is 3.31. The van der Waals surface area contributed by atoms with Gasteiger partial charge in [-0.3, -0.25) is 4.79 Å². The van der Waals surface area contributed by atoms with Crippen LogP contribution in [0.25, 0.3) is 0 Å². The van der Waals surface area contributed by atoms with Crippen molar-refractivity contribution in [3.8, 4) is 0 Å². The van der Waals surface area contributed by atoms with Crippen LogP contribution in [0.3, 0.4) is 0 Å². The second-order valence-corrected chi connectivity index (χ2v) is 4.45. The molecule has 0 unspecified atom stereocenters. The first-order chi connectivity index (χ1) is 9.15. The van der Waals surface area contributed by atoms with Crippen LogP contribution >= 0.6 is 0 Å². The van der Waals surface area contributed by atoms with Gasteiger partial charge < -0.3 is 10.2 Å². The number of benzene rings is 2. The van der Waals surface area contributed by atoms with Gasteiger partial charge in [-0.05, 0) is 30.7 Å². The topological polar surface area (TPSA) is 32.3 Å². The highest BCUT2D eigenvalue weighted by molar-refractivity contribution is 6.09. The van der Waals surface area contributed by atoms with Gasteiger partial charge in [0.1, 0.15) is 0 Å². The Morgan fingerprint density at radius 2 is 1.68 bits per heavy atom. The average molecular weight is 254 g/mol. The molecule has 0 saturated carbocycles. The summed E-state index contributed by atoms with van der Waals surface area (Å²) < 4.78 is 0. The second-order valence-electron chi connectivity index (χ2n) is 4.45. The highest BCUT2D eigenvalue weighted by Gasteiger charge is 2.17. The van der Waals surface area contributed by atoms with E-state index in [4.69, 9.17) is 0 Å². The quantitative estimate of drug-likeness (QED) is 0.911. The van der Waals surface area contributed by atoms with Gasteiger partial charge in [-0.15, -0.1) is 0 Å². The van der Waals surface area contributed by atoms with Gasteiger partial charge >= 0.3 is 0 Å². The molecule has 0 aromatic heterocycles. The van der Waals surface area contributed by atoms with Crippen LogP contribution in [-0.4, -0.2) is 20.0 Å². The van der Waals surface area contributed by atoms with E-state index in [9.17, 15) is 4.79 Å². The highest BCUT2D eigenvalue weighted by atomic mass is 16.2. The van der Waals surface area contributed by atoms with E-state index in [2.05, 4.69) is 5.32 Å². The summed E-state index contributed by atoms with van der Waals surface area (Å²) in [4.78, 5) is 14.2. The summed E-state index contributed by atoms with van der Waals surface area (Å²) in [6, 6.07) is 15.4. The lowest BCUT2D eigenvalue weighted by Gasteiger charge is -2.20. The van der Waals surface area contributed by atoms with Gasteiger partial charge in [-0.25, -0.2) is 0 Å². The minimum absolute atomic E-state index is 0.0146. The van der Waals surface area contributed by atoms with Gasteiger partial charge in [0, 0.05) is 25.5 Å². The number of rotatable bonds is 3. The summed E-state index contributed by atoms with van der Waals surface area (Å²) in [7, 11) is 3.62. The van der Waals surface area contributed by atoms with Gasteiger partial charge in [0.05, 0.1) is 5.56 Å². The Morgan fingerprint density at radius 3 is 2.37 bits per heavy atom. The third-order valence-electron chi connectivity index (χ3n) is 3.21. The van der Waals surface area contributed by atoms with Crippen LogP contribution in [0, 0.1) is 6.92 Å². The van der Waals surface area contributed by atoms with Gasteiger partial charge in [0.2, 0.25) is 0 Å². The summed E-state index contributed by atoms with van der Waals surface area (Å²) in [6.07, 6.45) is 0. The molecule has 1 amide bonds. The lowest BCUT2D eigenvalue weighted by Crippen LogP contribution is -2.27. The molecule has 0 spiro atoms. The molecule has 3 nitrogen and oxygen atoms in total. The lowest BCUT2D eigenvalue weighted by atomic mass is 10.1. The first kappa shape index (κ1) is 13.1. The van der Waals surface area contributed by atoms with Crippen molar-refractivity contribution in [1.82, 2.24) is 0 Å². The summed E-state index contributed by atoms with van der Waals surface area (Å²) >= 11 is 0. The smallest absolute Gasteiger partial charge is 0.260 e. The molecule has 98 valence electrons. The standard InChI is InChI=1S/C16H18N2O/c1-12-8-4-7-11-15(12)18(3)16(19)13-9-5-6-10-14(13)17-2/h4-11,17H,1-3H3. The molecule has 0 fully saturated rings. The fourth-order valence-corrected chi connectivity index (χ4v) is 2.12. The molecule has 3 heteroatoms. The molecule has 2 aromatic rings. The molecule has 0 aliphatic heterocycles. The molecule has 1 N–H and O–H groups in total. The Morgan fingerprint density at radius 1 is 1.05 bits per heavy atom. The monoisotopic (exact) mass is 254 g/mol. The largest absolute Gasteiger partial charge is 0.387 e. The van der Waals surface area contributed by atoms with Crippen molar-refractivity contribution in [1.29, 1.82) is 0 Å². The van der Waals surface area contributed by atoms with Gasteiger partial charge in [0.15, 0.2) is 0 Å². The van der Waals surface area contributed by atoms with E-state index >= 15 is 0 Å². The number of amides is 1. The van der Waals surface area contributed by atoms with Crippen molar-refractivity contribution in [2.75, 3.05) is 24.3 Å². The molecule has 0 heterocycles.